The highest BCUT2D eigenvalue weighted by Crippen LogP contribution is 2.33. The van der Waals surface area contributed by atoms with Gasteiger partial charge in [0.2, 0.25) is 10.0 Å². The van der Waals surface area contributed by atoms with Crippen LogP contribution in [-0.4, -0.2) is 24.7 Å². The lowest BCUT2D eigenvalue weighted by atomic mass is 10.0. The van der Waals surface area contributed by atoms with Crippen LogP contribution < -0.4 is 10.0 Å². The third-order valence-corrected chi connectivity index (χ3v) is 5.76. The van der Waals surface area contributed by atoms with Crippen molar-refractivity contribution < 1.29 is 8.42 Å². The third-order valence-electron chi connectivity index (χ3n) is 4.85. The van der Waals surface area contributed by atoms with Gasteiger partial charge in [0, 0.05) is 37.6 Å². The van der Waals surface area contributed by atoms with Crippen molar-refractivity contribution in [3.05, 3.63) is 65.9 Å². The van der Waals surface area contributed by atoms with Gasteiger partial charge in [-0.25, -0.2) is 13.6 Å². The number of sulfonamides is 1. The second-order valence-corrected chi connectivity index (χ2v) is 8.07. The van der Waals surface area contributed by atoms with Crippen LogP contribution in [0, 0.1) is 0 Å². The molecule has 2 aromatic carbocycles. The average Bonchev–Trinajstić information content (AvgIpc) is 3.21. The molecule has 0 saturated heterocycles. The summed E-state index contributed by atoms with van der Waals surface area (Å²) in [6.45, 7) is 1.60. The number of aryl methyl sites for hydroxylation is 1. The van der Waals surface area contributed by atoms with Crippen molar-refractivity contribution in [1.82, 2.24) is 9.78 Å². The van der Waals surface area contributed by atoms with Gasteiger partial charge in [-0.05, 0) is 41.8 Å². The Morgan fingerprint density at radius 2 is 1.96 bits per heavy atom. The number of nitrogens with two attached hydrogens (primary N) is 1. The highest BCUT2D eigenvalue weighted by atomic mass is 32.2. The van der Waals surface area contributed by atoms with Crippen molar-refractivity contribution in [3.8, 4) is 11.3 Å². The van der Waals surface area contributed by atoms with Crippen molar-refractivity contribution >= 4 is 15.7 Å². The van der Waals surface area contributed by atoms with E-state index in [-0.39, 0.29) is 4.90 Å². The molecule has 134 valence electrons. The number of fused-ring (bicyclic) bond motifs is 1. The summed E-state index contributed by atoms with van der Waals surface area (Å²) in [5.41, 5.74) is 5.53. The summed E-state index contributed by atoms with van der Waals surface area (Å²) in [7, 11) is -1.73. The Morgan fingerprint density at radius 1 is 1.15 bits per heavy atom. The van der Waals surface area contributed by atoms with E-state index in [1.54, 1.807) is 18.3 Å². The molecule has 0 fully saturated rings. The van der Waals surface area contributed by atoms with Crippen molar-refractivity contribution in [2.45, 2.75) is 17.9 Å². The van der Waals surface area contributed by atoms with Gasteiger partial charge >= 0.3 is 0 Å². The Morgan fingerprint density at radius 3 is 2.69 bits per heavy atom. The maximum atomic E-state index is 11.6. The Kier molecular flexibility index (Phi) is 4.05. The van der Waals surface area contributed by atoms with Crippen LogP contribution in [0.25, 0.3) is 11.3 Å². The number of rotatable bonds is 4. The topological polar surface area (TPSA) is 81.2 Å². The first kappa shape index (κ1) is 16.8. The maximum absolute atomic E-state index is 11.6. The largest absolute Gasteiger partial charge is 0.367 e. The number of anilines is 1. The van der Waals surface area contributed by atoms with E-state index >= 15 is 0 Å². The van der Waals surface area contributed by atoms with Crippen molar-refractivity contribution in [3.63, 3.8) is 0 Å². The summed E-state index contributed by atoms with van der Waals surface area (Å²) in [4.78, 5) is 2.45. The first-order valence-corrected chi connectivity index (χ1v) is 9.95. The molecule has 1 aliphatic rings. The Hall–Kier alpha value is -2.64. The molecule has 0 aliphatic carbocycles. The fourth-order valence-corrected chi connectivity index (χ4v) is 4.10. The number of hydrogen-bond acceptors (Lipinski definition) is 4. The molecule has 0 unspecified atom stereocenters. The van der Waals surface area contributed by atoms with Gasteiger partial charge in [0.25, 0.3) is 0 Å². The highest BCUT2D eigenvalue weighted by molar-refractivity contribution is 7.89. The Labute approximate surface area is 152 Å². The molecule has 3 aromatic rings. The predicted octanol–water partition coefficient (Wildman–Crippen LogP) is 2.30. The smallest absolute Gasteiger partial charge is 0.238 e. The van der Waals surface area contributed by atoms with Crippen molar-refractivity contribution in [2.24, 2.45) is 12.2 Å². The van der Waals surface area contributed by atoms with Gasteiger partial charge in [-0.15, -0.1) is 0 Å². The van der Waals surface area contributed by atoms with Crippen LogP contribution in [0.3, 0.4) is 0 Å². The second-order valence-electron chi connectivity index (χ2n) is 6.50. The van der Waals surface area contributed by atoms with Crippen LogP contribution >= 0.6 is 0 Å². The number of aromatic nitrogens is 2. The van der Waals surface area contributed by atoms with Crippen LogP contribution in [0.2, 0.25) is 0 Å². The minimum Gasteiger partial charge on any atom is -0.367 e. The van der Waals surface area contributed by atoms with Crippen LogP contribution in [0.1, 0.15) is 11.1 Å². The lowest BCUT2D eigenvalue weighted by Crippen LogP contribution is -2.20. The molecule has 0 spiro atoms. The first-order chi connectivity index (χ1) is 12.4. The summed E-state index contributed by atoms with van der Waals surface area (Å²) in [6, 6.07) is 15.4. The van der Waals surface area contributed by atoms with E-state index in [9.17, 15) is 8.42 Å². The van der Waals surface area contributed by atoms with Crippen LogP contribution in [0.4, 0.5) is 5.69 Å². The van der Waals surface area contributed by atoms with Crippen LogP contribution in [-0.2, 0) is 30.0 Å². The van der Waals surface area contributed by atoms with Gasteiger partial charge in [0.05, 0.1) is 10.6 Å². The molecular formula is C19H20N4O2S. The molecule has 2 N–H and O–H groups in total. The summed E-state index contributed by atoms with van der Waals surface area (Å²) >= 11 is 0. The summed E-state index contributed by atoms with van der Waals surface area (Å²) in [6.07, 6.45) is 2.61. The van der Waals surface area contributed by atoms with E-state index in [0.29, 0.717) is 0 Å². The first-order valence-electron chi connectivity index (χ1n) is 8.40. The van der Waals surface area contributed by atoms with Gasteiger partial charge in [0.15, 0.2) is 0 Å². The van der Waals surface area contributed by atoms with E-state index in [4.69, 9.17) is 5.14 Å². The molecule has 0 atom stereocenters. The Balaban J connectivity index is 1.67. The van der Waals surface area contributed by atoms with Crippen molar-refractivity contribution in [2.75, 3.05) is 11.4 Å². The second kappa shape index (κ2) is 6.26. The van der Waals surface area contributed by atoms with E-state index in [2.05, 4.69) is 22.1 Å². The van der Waals surface area contributed by atoms with E-state index in [1.165, 1.54) is 5.56 Å². The van der Waals surface area contributed by atoms with Crippen molar-refractivity contribution in [1.29, 1.82) is 0 Å². The standard InChI is InChI=1S/C19H20N4O2S/c1-22-19(8-10-21-22)17-5-3-2-4-15(17)13-23-11-9-14-12-16(26(20,24)25)6-7-18(14)23/h2-8,10,12H,9,11,13H2,1H3,(H2,20,24,25). The van der Waals surface area contributed by atoms with Gasteiger partial charge < -0.3 is 4.90 Å². The quantitative estimate of drug-likeness (QED) is 0.766. The molecular weight excluding hydrogens is 348 g/mol. The zero-order valence-electron chi connectivity index (χ0n) is 14.5. The predicted molar refractivity (Wildman–Crippen MR) is 101 cm³/mol. The Bertz CT molecular complexity index is 1070. The molecule has 2 heterocycles. The molecule has 1 aromatic heterocycles. The van der Waals surface area contributed by atoms with Crippen LogP contribution in [0.5, 0.6) is 0 Å². The fourth-order valence-electron chi connectivity index (χ4n) is 3.54. The van der Waals surface area contributed by atoms with E-state index in [0.717, 1.165) is 42.0 Å². The molecule has 0 radical (unpaired) electrons. The van der Waals surface area contributed by atoms with E-state index < -0.39 is 10.0 Å². The number of nitrogens with zero attached hydrogens (tertiary/aromatic N) is 3. The number of benzene rings is 2. The molecule has 0 bridgehead atoms. The van der Waals surface area contributed by atoms with Gasteiger partial charge in [-0.1, -0.05) is 24.3 Å². The summed E-state index contributed by atoms with van der Waals surface area (Å²) in [5.74, 6) is 0. The molecule has 0 saturated carbocycles. The summed E-state index contributed by atoms with van der Waals surface area (Å²) in [5, 5.41) is 9.52. The minimum absolute atomic E-state index is 0.174. The zero-order valence-corrected chi connectivity index (χ0v) is 15.3. The molecule has 0 amide bonds. The molecule has 7 heteroatoms. The van der Waals surface area contributed by atoms with Gasteiger partial charge in [-0.2, -0.15) is 5.10 Å². The molecule has 4 rings (SSSR count). The lowest BCUT2D eigenvalue weighted by Gasteiger charge is -2.21. The van der Waals surface area contributed by atoms with E-state index in [1.807, 2.05) is 36.0 Å². The SMILES string of the molecule is Cn1nccc1-c1ccccc1CN1CCc2cc(S(N)(=O)=O)ccc21. The molecule has 26 heavy (non-hydrogen) atoms. The third kappa shape index (κ3) is 3.00. The highest BCUT2D eigenvalue weighted by Gasteiger charge is 2.22. The van der Waals surface area contributed by atoms with Gasteiger partial charge in [0.1, 0.15) is 0 Å². The average molecular weight is 368 g/mol. The normalized spacial score (nSPS) is 13.8. The number of primary sulfonamides is 1. The maximum Gasteiger partial charge on any atom is 0.238 e. The number of hydrogen-bond donors (Lipinski definition) is 1. The monoisotopic (exact) mass is 368 g/mol. The summed E-state index contributed by atoms with van der Waals surface area (Å²) < 4.78 is 25.0. The fraction of sp³-hybridized carbons (Fsp3) is 0.211. The lowest BCUT2D eigenvalue weighted by molar-refractivity contribution is 0.597. The molecule has 1 aliphatic heterocycles. The van der Waals surface area contributed by atoms with Gasteiger partial charge in [-0.3, -0.25) is 4.68 Å². The minimum atomic E-state index is -3.67. The molecule has 6 nitrogen and oxygen atoms in total. The van der Waals surface area contributed by atoms with Crippen LogP contribution in [0.15, 0.2) is 59.6 Å². The zero-order chi connectivity index (χ0) is 18.3.